The summed E-state index contributed by atoms with van der Waals surface area (Å²) in [6, 6.07) is 2.05. The second kappa shape index (κ2) is 5.49. The number of halogens is 1. The van der Waals surface area contributed by atoms with Gasteiger partial charge in [-0.15, -0.1) is 0 Å². The zero-order valence-corrected chi connectivity index (χ0v) is 11.1. The fourth-order valence-electron chi connectivity index (χ4n) is 1.63. The molecular formula is C11H16BrNO2. The largest absolute Gasteiger partial charge is 0.496 e. The highest BCUT2D eigenvalue weighted by atomic mass is 79.9. The molecule has 0 unspecified atom stereocenters. The maximum atomic E-state index is 5.36. The lowest BCUT2D eigenvalue weighted by Crippen LogP contribution is -2.13. The van der Waals surface area contributed by atoms with Crippen LogP contribution in [0.1, 0.15) is 16.7 Å². The van der Waals surface area contributed by atoms with Crippen LogP contribution in [0.2, 0.25) is 0 Å². The summed E-state index contributed by atoms with van der Waals surface area (Å²) in [5.41, 5.74) is 6.24. The molecule has 0 aliphatic rings. The Morgan fingerprint density at radius 1 is 1.33 bits per heavy atom. The topological polar surface area (TPSA) is 30.5 Å². The summed E-state index contributed by atoms with van der Waals surface area (Å²) in [5, 5.41) is 0. The van der Waals surface area contributed by atoms with Crippen molar-refractivity contribution in [3.05, 3.63) is 27.2 Å². The van der Waals surface area contributed by atoms with Gasteiger partial charge in [0.2, 0.25) is 0 Å². The van der Waals surface area contributed by atoms with Crippen LogP contribution in [0.4, 0.5) is 0 Å². The fraction of sp³-hybridized carbons (Fsp3) is 0.455. The number of nitrogens with one attached hydrogen (secondary N) is 1. The van der Waals surface area contributed by atoms with Gasteiger partial charge in [0.05, 0.1) is 14.2 Å². The number of ether oxygens (including phenoxy) is 1. The van der Waals surface area contributed by atoms with Crippen molar-refractivity contribution in [2.45, 2.75) is 20.4 Å². The van der Waals surface area contributed by atoms with E-state index in [2.05, 4.69) is 27.5 Å². The molecule has 0 saturated heterocycles. The first-order valence-electron chi connectivity index (χ1n) is 4.70. The molecule has 0 heterocycles. The maximum Gasteiger partial charge on any atom is 0.125 e. The van der Waals surface area contributed by atoms with E-state index in [4.69, 9.17) is 9.57 Å². The summed E-state index contributed by atoms with van der Waals surface area (Å²) in [7, 11) is 3.30. The van der Waals surface area contributed by atoms with Crippen LogP contribution >= 0.6 is 15.9 Å². The smallest absolute Gasteiger partial charge is 0.125 e. The Morgan fingerprint density at radius 3 is 2.53 bits per heavy atom. The Morgan fingerprint density at radius 2 is 2.00 bits per heavy atom. The Labute approximate surface area is 98.9 Å². The van der Waals surface area contributed by atoms with Crippen molar-refractivity contribution in [2.75, 3.05) is 14.2 Å². The highest BCUT2D eigenvalue weighted by Gasteiger charge is 2.11. The van der Waals surface area contributed by atoms with Crippen LogP contribution in [0.15, 0.2) is 10.5 Å². The normalized spacial score (nSPS) is 10.5. The molecule has 0 aliphatic carbocycles. The zero-order valence-electron chi connectivity index (χ0n) is 9.48. The number of hydroxylamine groups is 1. The summed E-state index contributed by atoms with van der Waals surface area (Å²) >= 11 is 3.54. The summed E-state index contributed by atoms with van der Waals surface area (Å²) in [4.78, 5) is 4.85. The number of hydrogen-bond acceptors (Lipinski definition) is 3. The Bertz CT molecular complexity index is 353. The number of aryl methyl sites for hydroxylation is 1. The lowest BCUT2D eigenvalue weighted by atomic mass is 10.0. The predicted molar refractivity (Wildman–Crippen MR) is 64.0 cm³/mol. The zero-order chi connectivity index (χ0) is 11.4. The van der Waals surface area contributed by atoms with Gasteiger partial charge in [0.1, 0.15) is 5.75 Å². The van der Waals surface area contributed by atoms with Gasteiger partial charge < -0.3 is 9.57 Å². The maximum absolute atomic E-state index is 5.36. The van der Waals surface area contributed by atoms with Crippen LogP contribution in [0, 0.1) is 13.8 Å². The lowest BCUT2D eigenvalue weighted by molar-refractivity contribution is 0.0864. The highest BCUT2D eigenvalue weighted by Crippen LogP contribution is 2.31. The average Bonchev–Trinajstić information content (AvgIpc) is 2.17. The van der Waals surface area contributed by atoms with E-state index in [9.17, 15) is 0 Å². The molecule has 3 nitrogen and oxygen atoms in total. The predicted octanol–water partition coefficient (Wildman–Crippen LogP) is 2.73. The molecule has 0 bridgehead atoms. The van der Waals surface area contributed by atoms with E-state index in [1.165, 1.54) is 0 Å². The first-order valence-corrected chi connectivity index (χ1v) is 5.49. The molecule has 0 aromatic heterocycles. The Kier molecular flexibility index (Phi) is 4.57. The third-order valence-corrected chi connectivity index (χ3v) is 3.09. The van der Waals surface area contributed by atoms with E-state index in [-0.39, 0.29) is 0 Å². The van der Waals surface area contributed by atoms with E-state index in [1.807, 2.05) is 13.8 Å². The van der Waals surface area contributed by atoms with Crippen molar-refractivity contribution < 1.29 is 9.57 Å². The van der Waals surface area contributed by atoms with Crippen LogP contribution in [-0.4, -0.2) is 14.2 Å². The molecule has 0 spiro atoms. The number of hydrogen-bond donors (Lipinski definition) is 1. The second-order valence-electron chi connectivity index (χ2n) is 3.34. The van der Waals surface area contributed by atoms with E-state index in [0.29, 0.717) is 6.54 Å². The van der Waals surface area contributed by atoms with Gasteiger partial charge in [-0.3, -0.25) is 0 Å². The van der Waals surface area contributed by atoms with Gasteiger partial charge in [0, 0.05) is 11.0 Å². The summed E-state index contributed by atoms with van der Waals surface area (Å²) in [5.74, 6) is 0.936. The van der Waals surface area contributed by atoms with Crippen LogP contribution in [0.5, 0.6) is 5.75 Å². The van der Waals surface area contributed by atoms with Crippen molar-refractivity contribution in [3.8, 4) is 5.75 Å². The van der Waals surface area contributed by atoms with Gasteiger partial charge >= 0.3 is 0 Å². The molecule has 0 amide bonds. The van der Waals surface area contributed by atoms with Crippen LogP contribution in [0.25, 0.3) is 0 Å². The molecule has 0 aliphatic heterocycles. The van der Waals surface area contributed by atoms with E-state index in [1.54, 1.807) is 14.2 Å². The molecule has 1 aromatic rings. The van der Waals surface area contributed by atoms with Crippen molar-refractivity contribution in [3.63, 3.8) is 0 Å². The standard InChI is InChI=1S/C11H16BrNO2/c1-7-5-10(12)9(6-13-15-4)8(2)11(7)14-3/h5,13H,6H2,1-4H3. The molecule has 0 saturated carbocycles. The molecule has 1 rings (SSSR count). The lowest BCUT2D eigenvalue weighted by Gasteiger charge is -2.15. The molecule has 0 atom stereocenters. The minimum absolute atomic E-state index is 0.652. The van der Waals surface area contributed by atoms with Crippen molar-refractivity contribution in [1.82, 2.24) is 5.48 Å². The molecule has 1 N–H and O–H groups in total. The van der Waals surface area contributed by atoms with Crippen LogP contribution < -0.4 is 10.2 Å². The van der Waals surface area contributed by atoms with Gasteiger partial charge in [-0.1, -0.05) is 15.9 Å². The summed E-state index contributed by atoms with van der Waals surface area (Å²) in [6.07, 6.45) is 0. The second-order valence-corrected chi connectivity index (χ2v) is 4.19. The van der Waals surface area contributed by atoms with Gasteiger partial charge in [0.15, 0.2) is 0 Å². The van der Waals surface area contributed by atoms with Gasteiger partial charge in [-0.2, -0.15) is 5.48 Å². The van der Waals surface area contributed by atoms with Crippen molar-refractivity contribution in [1.29, 1.82) is 0 Å². The molecule has 1 aromatic carbocycles. The molecule has 4 heteroatoms. The number of methoxy groups -OCH3 is 1. The minimum Gasteiger partial charge on any atom is -0.496 e. The molecule has 0 radical (unpaired) electrons. The SMILES string of the molecule is CONCc1c(Br)cc(C)c(OC)c1C. The molecular weight excluding hydrogens is 258 g/mol. The highest BCUT2D eigenvalue weighted by molar-refractivity contribution is 9.10. The van der Waals surface area contributed by atoms with Gasteiger partial charge in [-0.25, -0.2) is 0 Å². The van der Waals surface area contributed by atoms with Crippen molar-refractivity contribution >= 4 is 15.9 Å². The molecule has 0 fully saturated rings. The Balaban J connectivity index is 3.14. The van der Waals surface area contributed by atoms with Crippen LogP contribution in [0.3, 0.4) is 0 Å². The van der Waals surface area contributed by atoms with Crippen LogP contribution in [-0.2, 0) is 11.4 Å². The third-order valence-electron chi connectivity index (χ3n) is 2.38. The average molecular weight is 274 g/mol. The number of benzene rings is 1. The first kappa shape index (κ1) is 12.5. The molecule has 15 heavy (non-hydrogen) atoms. The summed E-state index contributed by atoms with van der Waals surface area (Å²) in [6.45, 7) is 4.73. The molecule has 84 valence electrons. The summed E-state index contributed by atoms with van der Waals surface area (Å²) < 4.78 is 6.43. The fourth-order valence-corrected chi connectivity index (χ4v) is 2.41. The minimum atomic E-state index is 0.652. The van der Waals surface area contributed by atoms with Gasteiger partial charge in [0.25, 0.3) is 0 Å². The van der Waals surface area contributed by atoms with Crippen molar-refractivity contribution in [2.24, 2.45) is 0 Å². The first-order chi connectivity index (χ1) is 7.11. The van der Waals surface area contributed by atoms with Gasteiger partial charge in [-0.05, 0) is 36.6 Å². The third kappa shape index (κ3) is 2.71. The Hall–Kier alpha value is -0.580. The number of rotatable bonds is 4. The quantitative estimate of drug-likeness (QED) is 0.856. The van der Waals surface area contributed by atoms with E-state index >= 15 is 0 Å². The van der Waals surface area contributed by atoms with E-state index in [0.717, 1.165) is 26.9 Å². The monoisotopic (exact) mass is 273 g/mol. The van der Waals surface area contributed by atoms with E-state index < -0.39 is 0 Å².